The van der Waals surface area contributed by atoms with Crippen LogP contribution >= 0.6 is 0 Å². The lowest BCUT2D eigenvalue weighted by atomic mass is 9.91. The van der Waals surface area contributed by atoms with Gasteiger partial charge in [0.15, 0.2) is 5.36 Å². The van der Waals surface area contributed by atoms with Gasteiger partial charge < -0.3 is 150 Å². The molecule has 0 radical (unpaired) electrons. The summed E-state index contributed by atoms with van der Waals surface area (Å²) in [6.07, 6.45) is 2.19. The minimum absolute atomic E-state index is 0.0539. The van der Waals surface area contributed by atoms with Crippen molar-refractivity contribution in [2.45, 2.75) is 51.5 Å². The van der Waals surface area contributed by atoms with Gasteiger partial charge in [0, 0.05) is 74.3 Å². The van der Waals surface area contributed by atoms with Gasteiger partial charge in [-0.15, -0.1) is 0 Å². The van der Waals surface area contributed by atoms with Gasteiger partial charge in [0.1, 0.15) is 17.4 Å². The van der Waals surface area contributed by atoms with Gasteiger partial charge in [0.05, 0.1) is 322 Å². The zero-order valence-corrected chi connectivity index (χ0v) is 70.0. The number of methoxy groups -OCH3 is 1. The Morgan fingerprint density at radius 2 is 0.731 bits per heavy atom. The van der Waals surface area contributed by atoms with Gasteiger partial charge >= 0.3 is 11.9 Å². The third kappa shape index (κ3) is 62.1. The van der Waals surface area contributed by atoms with Crippen molar-refractivity contribution in [3.63, 3.8) is 0 Å². The predicted molar refractivity (Wildman–Crippen MR) is 434 cm³/mol. The average molecular weight is 1700 g/mol. The van der Waals surface area contributed by atoms with Crippen molar-refractivity contribution >= 4 is 46.3 Å². The number of carboxylic acids is 2. The molecule has 0 aromatic heterocycles. The summed E-state index contributed by atoms with van der Waals surface area (Å²) in [6, 6.07) is 16.7. The molecule has 9 N–H and O–H groups in total. The Kier molecular flexibility index (Phi) is 70.3. The number of unbranched alkanes of at least 4 members (excludes halogenated alkanes) is 2. The number of amides is 3. The molecule has 1 atom stereocenters. The predicted octanol–water partition coefficient (Wildman–Crippen LogP) is 2.32. The summed E-state index contributed by atoms with van der Waals surface area (Å²) in [5.74, 6) is -2.28. The summed E-state index contributed by atoms with van der Waals surface area (Å²) in [5, 5.41) is 33.6. The molecule has 1 aliphatic heterocycles. The highest BCUT2D eigenvalue weighted by Crippen LogP contribution is 2.41. The van der Waals surface area contributed by atoms with Crippen molar-refractivity contribution in [2.24, 2.45) is 0 Å². The lowest BCUT2D eigenvalue weighted by Crippen LogP contribution is -2.47. The second-order valence-electron chi connectivity index (χ2n) is 25.6. The number of rotatable bonds is 85. The van der Waals surface area contributed by atoms with E-state index in [2.05, 4.69) is 16.0 Å². The number of benzene rings is 3. The summed E-state index contributed by atoms with van der Waals surface area (Å²) in [7, 11) is 1.64. The zero-order valence-electron chi connectivity index (χ0n) is 70.0. The molecule has 0 saturated carbocycles. The Bertz CT molecular complexity index is 3130. The van der Waals surface area contributed by atoms with Gasteiger partial charge in [-0.2, -0.15) is 0 Å². The molecule has 1 unspecified atom stereocenters. The van der Waals surface area contributed by atoms with Crippen LogP contribution in [0.2, 0.25) is 0 Å². The molecule has 0 fully saturated rings. The van der Waals surface area contributed by atoms with Crippen molar-refractivity contribution in [1.82, 2.24) is 16.0 Å². The quantitative estimate of drug-likeness (QED) is 0.0189. The number of hydrogen-bond donors (Lipinski definition) is 7. The minimum atomic E-state index is -0.983. The Morgan fingerprint density at radius 3 is 1.07 bits per heavy atom. The number of hydrogen-bond acceptors (Lipinski definition) is 31. The first-order valence-electron chi connectivity index (χ1n) is 40.9. The van der Waals surface area contributed by atoms with Crippen LogP contribution in [0.4, 0.5) is 5.69 Å². The zero-order chi connectivity index (χ0) is 85.4. The van der Waals surface area contributed by atoms with Gasteiger partial charge in [-0.1, -0.05) is 24.6 Å². The molecule has 1 heterocycles. The molecule has 4 rings (SSSR count). The molecular weight excluding hydrogens is 1570 g/mol. The molecule has 0 saturated heterocycles. The van der Waals surface area contributed by atoms with E-state index >= 15 is 0 Å². The van der Waals surface area contributed by atoms with Gasteiger partial charge in [-0.3, -0.25) is 24.6 Å². The maximum Gasteiger partial charge on any atom is 0.336 e. The molecule has 2 aromatic rings. The third-order valence-corrected chi connectivity index (χ3v) is 16.1. The van der Waals surface area contributed by atoms with E-state index in [9.17, 15) is 29.1 Å². The van der Waals surface area contributed by atoms with E-state index in [0.717, 1.165) is 16.5 Å². The molecule has 37 nitrogen and oxygen atoms in total. The van der Waals surface area contributed by atoms with Crippen LogP contribution < -0.4 is 32.5 Å². The fourth-order valence-electron chi connectivity index (χ4n) is 10.2. The van der Waals surface area contributed by atoms with Crippen molar-refractivity contribution in [1.29, 1.82) is 0 Å². The molecule has 119 heavy (non-hydrogen) atoms. The fourth-order valence-corrected chi connectivity index (χ4v) is 10.2. The van der Waals surface area contributed by atoms with Crippen molar-refractivity contribution in [2.75, 3.05) is 336 Å². The highest BCUT2D eigenvalue weighted by Gasteiger charge is 2.23. The molecule has 2 aromatic carbocycles. The number of nitrogens with two attached hydrogens (primary N) is 2. The average Bonchev–Trinajstić information content (AvgIpc) is 0.751. The highest BCUT2D eigenvalue weighted by atomic mass is 16.6. The van der Waals surface area contributed by atoms with Crippen LogP contribution in [0.15, 0.2) is 65.1 Å². The van der Waals surface area contributed by atoms with E-state index < -0.39 is 23.9 Å². The van der Waals surface area contributed by atoms with Crippen LogP contribution in [0, 0.1) is 0 Å². The number of fused-ring (bicyclic) bond motifs is 2. The number of nitrogen functional groups attached to an aromatic ring is 1. The molecule has 3 amide bonds. The second-order valence-corrected chi connectivity index (χ2v) is 25.6. The Morgan fingerprint density at radius 1 is 0.387 bits per heavy atom. The lowest BCUT2D eigenvalue weighted by molar-refractivity contribution is -0.172. The standard InChI is InChI=1S/C62H121N3O29.C20H14N2O3/c1-58(66)65-59(7-8-60(67)63-9-5-3-4-6-61(68)69)62(70)64-10-11-72-14-15-74-18-19-76-22-23-78-26-27-80-30-31-82-34-35-84-38-39-86-42-43-88-46-47-90-50-51-92-54-55-94-57-56-93-53-52-91-49-48-89-45-44-87-41-40-85-37-36-83-33-32-81-29-28-79-25-24-77-21-20-75-17-16-73-13-12-71-2;21-11-5-7-15-17(9-11)25-18-10-12(22)6-8-16(18)19(15)13-3-1-2-4-14(13)20(23)24/h59H,3-57H2,1-2H3,(H,63,67)(H,64,70)(H,65,66)(H,68,69);1-10,21H,22H2,(H,23,24)/p+1. The summed E-state index contributed by atoms with van der Waals surface area (Å²) in [6.45, 7) is 23.9. The number of carbonyl (C=O) groups excluding carboxylic acids is 3. The molecule has 0 bridgehead atoms. The molecule has 680 valence electrons. The summed E-state index contributed by atoms with van der Waals surface area (Å²) >= 11 is 0. The number of anilines is 1. The van der Waals surface area contributed by atoms with Crippen LogP contribution in [0.5, 0.6) is 0 Å². The molecule has 0 spiro atoms. The summed E-state index contributed by atoms with van der Waals surface area (Å²) in [5.41, 5.74) is 9.46. The van der Waals surface area contributed by atoms with Gasteiger partial charge in [-0.05, 0) is 49.1 Å². The fraction of sp³-hybridized carbons (Fsp3) is 0.707. The third-order valence-electron chi connectivity index (χ3n) is 16.1. The van der Waals surface area contributed by atoms with Crippen molar-refractivity contribution < 1.29 is 158 Å². The first kappa shape index (κ1) is 107. The number of ether oxygens (including phenoxy) is 24. The topological polar surface area (TPSA) is 448 Å². The highest BCUT2D eigenvalue weighted by molar-refractivity contribution is 6.07. The number of nitrogens with one attached hydrogen (secondary N) is 3. The van der Waals surface area contributed by atoms with E-state index in [1.165, 1.54) is 6.92 Å². The van der Waals surface area contributed by atoms with Gasteiger partial charge in [-0.25, -0.2) is 4.79 Å². The van der Waals surface area contributed by atoms with E-state index in [0.29, 0.717) is 358 Å². The van der Waals surface area contributed by atoms with Crippen LogP contribution in [0.25, 0.3) is 33.4 Å². The van der Waals surface area contributed by atoms with E-state index in [1.807, 2.05) is 18.2 Å². The monoisotopic (exact) mass is 1700 g/mol. The summed E-state index contributed by atoms with van der Waals surface area (Å²) in [4.78, 5) is 58.6. The Hall–Kier alpha value is -6.68. The maximum absolute atomic E-state index is 12.6. The van der Waals surface area contributed by atoms with Crippen molar-refractivity contribution in [3.05, 3.63) is 71.6 Å². The summed E-state index contributed by atoms with van der Waals surface area (Å²) < 4.78 is 137. The second kappa shape index (κ2) is 78.6. The number of carboxylic acid groups (broad SMARTS) is 2. The number of aliphatic carboxylic acids is 1. The largest absolute Gasteiger partial charge is 0.481 e. The molecule has 2 aliphatic rings. The van der Waals surface area contributed by atoms with Crippen LogP contribution in [0.3, 0.4) is 0 Å². The minimum Gasteiger partial charge on any atom is -0.481 e. The molecule has 1 aliphatic carbocycles. The molecular formula is C82H136N5O32+. The van der Waals surface area contributed by atoms with Crippen LogP contribution in [-0.2, 0) is 133 Å². The first-order valence-corrected chi connectivity index (χ1v) is 40.9. The number of carbonyl (C=O) groups is 5. The first-order chi connectivity index (χ1) is 58.4. The van der Waals surface area contributed by atoms with Gasteiger partial charge in [0.25, 0.3) is 0 Å². The van der Waals surface area contributed by atoms with E-state index in [-0.39, 0.29) is 49.8 Å². The normalized spacial score (nSPS) is 11.7. The Labute approximate surface area is 699 Å². The van der Waals surface area contributed by atoms with Crippen LogP contribution in [-0.4, -0.2) is 377 Å². The van der Waals surface area contributed by atoms with E-state index in [1.54, 1.807) is 49.6 Å². The van der Waals surface area contributed by atoms with Crippen LogP contribution in [0.1, 0.15) is 55.8 Å². The number of aromatic carboxylic acids is 1. The van der Waals surface area contributed by atoms with E-state index in [4.69, 9.17) is 134 Å². The SMILES string of the molecule is COCCOCCOCCOCCOCCOCCOCCOCCOCCOCCOCCOCCOCCOCCOCCOCCOCCOCCOCCOCCOCCOCCOCCOCCNC(=O)C(CCC(=O)NCCCCCC(=O)O)NC(C)=O.Nc1ccc2c(-c3ccccc3C(=O)O)c3ccc(=[NH2+])cc-3oc2c1. The maximum atomic E-state index is 12.6. The Balaban J connectivity index is 0.00000122. The van der Waals surface area contributed by atoms with Gasteiger partial charge in [0.2, 0.25) is 17.7 Å². The van der Waals surface area contributed by atoms with Crippen molar-refractivity contribution in [3.8, 4) is 22.5 Å². The smallest absolute Gasteiger partial charge is 0.336 e. The molecule has 37 heteroatoms. The lowest BCUT2D eigenvalue weighted by Gasteiger charge is -2.17.